The zero-order valence-corrected chi connectivity index (χ0v) is 16.4. The first kappa shape index (κ1) is 20.1. The lowest BCUT2D eigenvalue weighted by atomic mass is 10.0. The van der Waals surface area contributed by atoms with Gasteiger partial charge in [0.15, 0.2) is 15.9 Å². The van der Waals surface area contributed by atoms with Crippen molar-refractivity contribution in [2.75, 3.05) is 6.26 Å². The fourth-order valence-corrected chi connectivity index (χ4v) is 3.14. The summed E-state index contributed by atoms with van der Waals surface area (Å²) in [5, 5.41) is 0.0493. The summed E-state index contributed by atoms with van der Waals surface area (Å²) in [6, 6.07) is 8.99. The highest BCUT2D eigenvalue weighted by Gasteiger charge is 2.23. The lowest BCUT2D eigenvalue weighted by Crippen LogP contribution is -2.24. The number of aryl methyl sites for hydroxylation is 2. The first-order chi connectivity index (χ1) is 12.0. The van der Waals surface area contributed by atoms with Crippen LogP contribution < -0.4 is 0 Å². The minimum atomic E-state index is -3.51. The van der Waals surface area contributed by atoms with E-state index in [0.29, 0.717) is 5.56 Å². The Balaban J connectivity index is 2.23. The second kappa shape index (κ2) is 7.60. The number of benzene rings is 2. The van der Waals surface area contributed by atoms with Gasteiger partial charge in [0.2, 0.25) is 5.78 Å². The lowest BCUT2D eigenvalue weighted by molar-refractivity contribution is 0.0318. The Bertz CT molecular complexity index is 979. The molecule has 0 bridgehead atoms. The molecule has 0 aliphatic heterocycles. The van der Waals surface area contributed by atoms with E-state index in [-0.39, 0.29) is 21.3 Å². The fraction of sp³-hybridized carbons (Fsp3) is 0.263. The van der Waals surface area contributed by atoms with Gasteiger partial charge in [-0.15, -0.1) is 0 Å². The Labute approximate surface area is 157 Å². The van der Waals surface area contributed by atoms with Gasteiger partial charge in [-0.1, -0.05) is 23.7 Å². The average molecular weight is 395 g/mol. The van der Waals surface area contributed by atoms with Gasteiger partial charge >= 0.3 is 5.97 Å². The summed E-state index contributed by atoms with van der Waals surface area (Å²) in [4.78, 5) is 24.8. The maximum Gasteiger partial charge on any atom is 0.340 e. The Morgan fingerprint density at radius 1 is 1.04 bits per heavy atom. The molecule has 7 heteroatoms. The van der Waals surface area contributed by atoms with E-state index in [0.717, 1.165) is 23.4 Å². The quantitative estimate of drug-likeness (QED) is 0.569. The van der Waals surface area contributed by atoms with Crippen molar-refractivity contribution in [3.63, 3.8) is 0 Å². The predicted molar refractivity (Wildman–Crippen MR) is 99.7 cm³/mol. The molecule has 0 N–H and O–H groups in total. The van der Waals surface area contributed by atoms with Gasteiger partial charge in [0.05, 0.1) is 15.5 Å². The van der Waals surface area contributed by atoms with Gasteiger partial charge in [0.1, 0.15) is 0 Å². The Morgan fingerprint density at radius 3 is 2.27 bits per heavy atom. The molecule has 2 aromatic rings. The number of esters is 1. The average Bonchev–Trinajstić information content (AvgIpc) is 2.55. The van der Waals surface area contributed by atoms with Crippen LogP contribution in [0.2, 0.25) is 5.02 Å². The van der Waals surface area contributed by atoms with Crippen molar-refractivity contribution in [1.29, 1.82) is 0 Å². The van der Waals surface area contributed by atoms with Crippen molar-refractivity contribution in [3.05, 3.63) is 63.7 Å². The molecule has 0 aliphatic carbocycles. The molecule has 1 atom stereocenters. The highest BCUT2D eigenvalue weighted by molar-refractivity contribution is 7.90. The summed E-state index contributed by atoms with van der Waals surface area (Å²) in [6.07, 6.45) is -0.0143. The van der Waals surface area contributed by atoms with E-state index in [1.165, 1.54) is 19.1 Å². The van der Waals surface area contributed by atoms with E-state index >= 15 is 0 Å². The summed E-state index contributed by atoms with van der Waals surface area (Å²) >= 11 is 5.98. The fourth-order valence-electron chi connectivity index (χ4n) is 2.30. The largest absolute Gasteiger partial charge is 0.451 e. The smallest absolute Gasteiger partial charge is 0.340 e. The molecular formula is C19H19ClO5S. The standard InChI is InChI=1S/C19H19ClO5S/c1-11-5-6-14(9-12(11)2)18(21)13(3)25-19(22)16-10-15(26(4,23)24)7-8-17(16)20/h5-10,13H,1-4H3/t13-/m0/s1. The first-order valence-electron chi connectivity index (χ1n) is 7.82. The molecule has 0 radical (unpaired) electrons. The van der Waals surface area contributed by atoms with Crippen molar-refractivity contribution in [3.8, 4) is 0 Å². The molecule has 138 valence electrons. The van der Waals surface area contributed by atoms with Gasteiger partial charge in [0, 0.05) is 11.8 Å². The molecule has 0 unspecified atom stereocenters. The number of rotatable bonds is 5. The van der Waals surface area contributed by atoms with Crippen LogP contribution in [0.15, 0.2) is 41.3 Å². The van der Waals surface area contributed by atoms with Gasteiger partial charge in [-0.05, 0) is 56.2 Å². The zero-order chi connectivity index (χ0) is 19.6. The van der Waals surface area contributed by atoms with E-state index in [4.69, 9.17) is 16.3 Å². The molecule has 0 heterocycles. The van der Waals surface area contributed by atoms with E-state index in [1.807, 2.05) is 19.9 Å². The number of Topliss-reactive ketones (excluding diaryl/α,β-unsaturated/α-hetero) is 1. The molecule has 0 spiro atoms. The zero-order valence-electron chi connectivity index (χ0n) is 14.9. The maximum atomic E-state index is 12.5. The highest BCUT2D eigenvalue weighted by atomic mass is 35.5. The Morgan fingerprint density at radius 2 is 1.69 bits per heavy atom. The summed E-state index contributed by atoms with van der Waals surface area (Å²) in [7, 11) is -3.51. The number of carbonyl (C=O) groups is 2. The van der Waals surface area contributed by atoms with Crippen LogP contribution in [0.1, 0.15) is 38.8 Å². The van der Waals surface area contributed by atoms with E-state index in [2.05, 4.69) is 0 Å². The van der Waals surface area contributed by atoms with Crippen LogP contribution in [0.5, 0.6) is 0 Å². The summed E-state index contributed by atoms with van der Waals surface area (Å²) in [5.41, 5.74) is 2.34. The van der Waals surface area contributed by atoms with Crippen LogP contribution in [0.4, 0.5) is 0 Å². The minimum Gasteiger partial charge on any atom is -0.451 e. The molecular weight excluding hydrogens is 376 g/mol. The number of hydrogen-bond acceptors (Lipinski definition) is 5. The second-order valence-electron chi connectivity index (χ2n) is 6.12. The number of halogens is 1. The van der Waals surface area contributed by atoms with Gasteiger partial charge in [-0.25, -0.2) is 13.2 Å². The molecule has 0 amide bonds. The Hall–Kier alpha value is -2.18. The van der Waals surface area contributed by atoms with Crippen molar-refractivity contribution in [2.45, 2.75) is 31.8 Å². The third-order valence-electron chi connectivity index (χ3n) is 4.03. The first-order valence-corrected chi connectivity index (χ1v) is 10.1. The molecule has 0 aliphatic rings. The monoisotopic (exact) mass is 394 g/mol. The maximum absolute atomic E-state index is 12.5. The number of ketones is 1. The van der Waals surface area contributed by atoms with Gasteiger partial charge < -0.3 is 4.74 Å². The molecule has 0 saturated carbocycles. The van der Waals surface area contributed by atoms with Crippen LogP contribution >= 0.6 is 11.6 Å². The molecule has 0 saturated heterocycles. The number of ether oxygens (including phenoxy) is 1. The van der Waals surface area contributed by atoms with Crippen LogP contribution in [-0.4, -0.2) is 32.5 Å². The van der Waals surface area contributed by atoms with Crippen molar-refractivity contribution >= 4 is 33.2 Å². The van der Waals surface area contributed by atoms with Crippen LogP contribution in [0, 0.1) is 13.8 Å². The van der Waals surface area contributed by atoms with E-state index < -0.39 is 21.9 Å². The second-order valence-corrected chi connectivity index (χ2v) is 8.55. The summed E-state index contributed by atoms with van der Waals surface area (Å²) in [5.74, 6) is -1.21. The molecule has 0 aromatic heterocycles. The number of hydrogen-bond donors (Lipinski definition) is 0. The van der Waals surface area contributed by atoms with Crippen molar-refractivity contribution in [1.82, 2.24) is 0 Å². The van der Waals surface area contributed by atoms with E-state index in [9.17, 15) is 18.0 Å². The molecule has 2 rings (SSSR count). The molecule has 26 heavy (non-hydrogen) atoms. The van der Waals surface area contributed by atoms with E-state index in [1.54, 1.807) is 12.1 Å². The normalized spacial score (nSPS) is 12.5. The minimum absolute atomic E-state index is 0.0493. The molecule has 0 fully saturated rings. The molecule has 5 nitrogen and oxygen atoms in total. The van der Waals surface area contributed by atoms with Crippen LogP contribution in [-0.2, 0) is 14.6 Å². The van der Waals surface area contributed by atoms with Crippen LogP contribution in [0.25, 0.3) is 0 Å². The molecule has 2 aromatic carbocycles. The highest BCUT2D eigenvalue weighted by Crippen LogP contribution is 2.22. The van der Waals surface area contributed by atoms with Crippen molar-refractivity contribution in [2.24, 2.45) is 0 Å². The van der Waals surface area contributed by atoms with Gasteiger partial charge in [-0.2, -0.15) is 0 Å². The SMILES string of the molecule is Cc1ccc(C(=O)[C@H](C)OC(=O)c2cc(S(C)(=O)=O)ccc2Cl)cc1C. The number of carbonyl (C=O) groups excluding carboxylic acids is 2. The van der Waals surface area contributed by atoms with Crippen LogP contribution in [0.3, 0.4) is 0 Å². The van der Waals surface area contributed by atoms with Gasteiger partial charge in [0.25, 0.3) is 0 Å². The van der Waals surface area contributed by atoms with Crippen molar-refractivity contribution < 1.29 is 22.7 Å². The van der Waals surface area contributed by atoms with Gasteiger partial charge in [-0.3, -0.25) is 4.79 Å². The number of sulfone groups is 1. The topological polar surface area (TPSA) is 77.5 Å². The summed E-state index contributed by atoms with van der Waals surface area (Å²) in [6.45, 7) is 5.28. The third kappa shape index (κ3) is 4.51. The predicted octanol–water partition coefficient (Wildman–Crippen LogP) is 3.79. The third-order valence-corrected chi connectivity index (χ3v) is 5.47. The lowest BCUT2D eigenvalue weighted by Gasteiger charge is -2.14. The summed E-state index contributed by atoms with van der Waals surface area (Å²) < 4.78 is 28.5. The Kier molecular flexibility index (Phi) is 5.88.